The molecule has 3 N–H and O–H groups in total. The van der Waals surface area contributed by atoms with Crippen LogP contribution in [0.2, 0.25) is 0 Å². The first-order valence-electron chi connectivity index (χ1n) is 13.3. The molecule has 0 spiro atoms. The number of amides is 4. The van der Waals surface area contributed by atoms with E-state index in [0.717, 1.165) is 11.1 Å². The van der Waals surface area contributed by atoms with Crippen molar-refractivity contribution in [1.82, 2.24) is 24.9 Å². The molecule has 1 aliphatic rings. The highest BCUT2D eigenvalue weighted by atomic mass is 19.1. The Labute approximate surface area is 232 Å². The zero-order valence-electron chi connectivity index (χ0n) is 23.0. The molecule has 40 heavy (non-hydrogen) atoms. The topological polar surface area (TPSA) is 131 Å². The third-order valence-corrected chi connectivity index (χ3v) is 7.04. The summed E-state index contributed by atoms with van der Waals surface area (Å²) in [4.78, 5) is 53.8. The highest BCUT2D eigenvalue weighted by molar-refractivity contribution is 6.06. The molecule has 11 heteroatoms. The molecule has 4 rings (SSSR count). The molecule has 1 aliphatic heterocycles. The Bertz CT molecular complexity index is 1400. The van der Waals surface area contributed by atoms with Crippen molar-refractivity contribution in [2.75, 3.05) is 26.2 Å². The van der Waals surface area contributed by atoms with Crippen LogP contribution in [0.3, 0.4) is 0 Å². The van der Waals surface area contributed by atoms with Gasteiger partial charge in [-0.25, -0.2) is 4.39 Å². The van der Waals surface area contributed by atoms with E-state index in [1.807, 2.05) is 39.0 Å². The van der Waals surface area contributed by atoms with Gasteiger partial charge in [0.1, 0.15) is 11.9 Å². The molecule has 0 bridgehead atoms. The lowest BCUT2D eigenvalue weighted by atomic mass is 9.85. The van der Waals surface area contributed by atoms with Crippen LogP contribution < -0.4 is 11.1 Å². The smallest absolute Gasteiger partial charge is 0.273 e. The SMILES string of the molecule is CC(C)(C)C(NC(=O)c1nn(Cc2ccc(F)cc2)c2ccccc12)C(=O)N1CCN(C(=O)CCC(N)=O)CC1. The Kier molecular flexibility index (Phi) is 8.51. The molecule has 0 radical (unpaired) electrons. The lowest BCUT2D eigenvalue weighted by molar-refractivity contribution is -0.142. The maximum Gasteiger partial charge on any atom is 0.273 e. The van der Waals surface area contributed by atoms with Gasteiger partial charge in [0.25, 0.3) is 5.91 Å². The van der Waals surface area contributed by atoms with Crippen LogP contribution in [0, 0.1) is 11.2 Å². The molecule has 2 aromatic carbocycles. The van der Waals surface area contributed by atoms with Crippen molar-refractivity contribution in [3.05, 3.63) is 65.6 Å². The maximum atomic E-state index is 13.6. The van der Waals surface area contributed by atoms with Crippen molar-refractivity contribution < 1.29 is 23.6 Å². The van der Waals surface area contributed by atoms with Crippen LogP contribution in [-0.2, 0) is 20.9 Å². The number of nitrogens with two attached hydrogens (primary N) is 1. The number of rotatable bonds is 8. The average Bonchev–Trinajstić information content (AvgIpc) is 3.29. The quantitative estimate of drug-likeness (QED) is 0.445. The van der Waals surface area contributed by atoms with Gasteiger partial charge in [-0.3, -0.25) is 23.9 Å². The van der Waals surface area contributed by atoms with Crippen LogP contribution in [-0.4, -0.2) is 75.4 Å². The second-order valence-electron chi connectivity index (χ2n) is 11.1. The molecule has 0 aliphatic carbocycles. The van der Waals surface area contributed by atoms with E-state index in [1.165, 1.54) is 12.1 Å². The highest BCUT2D eigenvalue weighted by Crippen LogP contribution is 2.25. The van der Waals surface area contributed by atoms with Gasteiger partial charge in [-0.1, -0.05) is 51.1 Å². The third-order valence-electron chi connectivity index (χ3n) is 7.04. The first-order chi connectivity index (χ1) is 18.9. The number of hydrogen-bond acceptors (Lipinski definition) is 5. The van der Waals surface area contributed by atoms with Crippen molar-refractivity contribution in [3.8, 4) is 0 Å². The van der Waals surface area contributed by atoms with E-state index >= 15 is 0 Å². The Morgan fingerprint density at radius 2 is 1.57 bits per heavy atom. The molecule has 212 valence electrons. The number of carbonyl (C=O) groups excluding carboxylic acids is 4. The van der Waals surface area contributed by atoms with Crippen LogP contribution >= 0.6 is 0 Å². The summed E-state index contributed by atoms with van der Waals surface area (Å²) in [6.45, 7) is 7.30. The summed E-state index contributed by atoms with van der Waals surface area (Å²) < 4.78 is 15.1. The summed E-state index contributed by atoms with van der Waals surface area (Å²) >= 11 is 0. The third kappa shape index (κ3) is 6.64. The molecular formula is C29H35FN6O4. The largest absolute Gasteiger partial charge is 0.370 e. The summed E-state index contributed by atoms with van der Waals surface area (Å²) in [5.41, 5.74) is 6.31. The van der Waals surface area contributed by atoms with E-state index in [9.17, 15) is 23.6 Å². The minimum Gasteiger partial charge on any atom is -0.370 e. The molecule has 10 nitrogen and oxygen atoms in total. The number of benzene rings is 2. The number of hydrogen-bond donors (Lipinski definition) is 2. The van der Waals surface area contributed by atoms with Gasteiger partial charge in [-0.05, 0) is 29.2 Å². The van der Waals surface area contributed by atoms with Crippen LogP contribution in [0.15, 0.2) is 48.5 Å². The Morgan fingerprint density at radius 1 is 0.950 bits per heavy atom. The number of fused-ring (bicyclic) bond motifs is 1. The lowest BCUT2D eigenvalue weighted by Crippen LogP contribution is -2.59. The van der Waals surface area contributed by atoms with Gasteiger partial charge >= 0.3 is 0 Å². The van der Waals surface area contributed by atoms with Crippen LogP contribution in [0.25, 0.3) is 10.9 Å². The second kappa shape index (κ2) is 11.8. The zero-order chi connectivity index (χ0) is 29.0. The standard InChI is InChI=1S/C29H35FN6O4/c1-29(2,3)26(28(40)35-16-14-34(15-17-35)24(38)13-12-23(31)37)32-27(39)25-21-6-4-5-7-22(21)36(33-25)18-19-8-10-20(30)11-9-19/h4-11,26H,12-18H2,1-3H3,(H2,31,37)(H,32,39). The van der Waals surface area contributed by atoms with Crippen molar-refractivity contribution in [2.45, 2.75) is 46.2 Å². The molecule has 0 saturated carbocycles. The van der Waals surface area contributed by atoms with Crippen molar-refractivity contribution >= 4 is 34.5 Å². The second-order valence-corrected chi connectivity index (χ2v) is 11.1. The van der Waals surface area contributed by atoms with Gasteiger partial charge < -0.3 is 20.9 Å². The molecule has 1 aromatic heterocycles. The van der Waals surface area contributed by atoms with E-state index in [-0.39, 0.29) is 36.2 Å². The van der Waals surface area contributed by atoms with Gasteiger partial charge in [0.2, 0.25) is 17.7 Å². The van der Waals surface area contributed by atoms with E-state index in [1.54, 1.807) is 32.7 Å². The molecule has 4 amide bonds. The minimum atomic E-state index is -0.835. The zero-order valence-corrected chi connectivity index (χ0v) is 23.0. The first kappa shape index (κ1) is 28.7. The first-order valence-corrected chi connectivity index (χ1v) is 13.3. The number of primary amides is 1. The predicted octanol–water partition coefficient (Wildman–Crippen LogP) is 2.30. The normalized spacial score (nSPS) is 14.7. The maximum absolute atomic E-state index is 13.6. The molecule has 2 heterocycles. The number of piperazine rings is 1. The fourth-order valence-electron chi connectivity index (χ4n) is 4.77. The van der Waals surface area contributed by atoms with Crippen LogP contribution in [0.4, 0.5) is 4.39 Å². The molecule has 1 fully saturated rings. The van der Waals surface area contributed by atoms with Gasteiger partial charge in [-0.15, -0.1) is 0 Å². The number of nitrogens with zero attached hydrogens (tertiary/aromatic N) is 4. The highest BCUT2D eigenvalue weighted by Gasteiger charge is 2.38. The van der Waals surface area contributed by atoms with Crippen molar-refractivity contribution in [3.63, 3.8) is 0 Å². The van der Waals surface area contributed by atoms with Gasteiger partial charge in [0.15, 0.2) is 5.69 Å². The summed E-state index contributed by atoms with van der Waals surface area (Å²) in [5.74, 6) is -1.74. The van der Waals surface area contributed by atoms with E-state index in [4.69, 9.17) is 5.73 Å². The number of carbonyl (C=O) groups is 4. The molecule has 1 saturated heterocycles. The minimum absolute atomic E-state index is 0.00947. The number of halogens is 1. The predicted molar refractivity (Wildman–Crippen MR) is 148 cm³/mol. The fraction of sp³-hybridized carbons (Fsp3) is 0.414. The number of aromatic nitrogens is 2. The monoisotopic (exact) mass is 550 g/mol. The summed E-state index contributed by atoms with van der Waals surface area (Å²) in [7, 11) is 0. The van der Waals surface area contributed by atoms with Crippen molar-refractivity contribution in [1.29, 1.82) is 0 Å². The van der Waals surface area contributed by atoms with Gasteiger partial charge in [0.05, 0.1) is 12.1 Å². The summed E-state index contributed by atoms with van der Waals surface area (Å²) in [6.07, 6.45) is 0.0379. The molecular weight excluding hydrogens is 515 g/mol. The number of para-hydroxylation sites is 1. The molecule has 1 atom stereocenters. The van der Waals surface area contributed by atoms with Gasteiger partial charge in [0, 0.05) is 44.4 Å². The Hall–Kier alpha value is -4.28. The summed E-state index contributed by atoms with van der Waals surface area (Å²) in [6, 6.07) is 12.6. The van der Waals surface area contributed by atoms with E-state index < -0.39 is 23.3 Å². The molecule has 3 aromatic rings. The Morgan fingerprint density at radius 3 is 2.20 bits per heavy atom. The van der Waals surface area contributed by atoms with E-state index in [0.29, 0.717) is 38.1 Å². The lowest BCUT2D eigenvalue weighted by Gasteiger charge is -2.39. The average molecular weight is 551 g/mol. The summed E-state index contributed by atoms with van der Waals surface area (Å²) in [5, 5.41) is 8.15. The number of nitrogens with one attached hydrogen (secondary N) is 1. The fourth-order valence-corrected chi connectivity index (χ4v) is 4.77. The Balaban J connectivity index is 1.49. The van der Waals surface area contributed by atoms with Crippen molar-refractivity contribution in [2.24, 2.45) is 11.1 Å². The van der Waals surface area contributed by atoms with E-state index in [2.05, 4.69) is 10.4 Å². The van der Waals surface area contributed by atoms with Crippen LogP contribution in [0.5, 0.6) is 0 Å². The van der Waals surface area contributed by atoms with Gasteiger partial charge in [-0.2, -0.15) is 5.10 Å². The molecule has 1 unspecified atom stereocenters. The van der Waals surface area contributed by atoms with Crippen LogP contribution in [0.1, 0.15) is 49.7 Å².